The van der Waals surface area contributed by atoms with Crippen LogP contribution in [0.5, 0.6) is 0 Å². The van der Waals surface area contributed by atoms with E-state index in [1.165, 1.54) is 17.8 Å². The van der Waals surface area contributed by atoms with Crippen molar-refractivity contribution in [1.82, 2.24) is 14.7 Å². The maximum atomic E-state index is 15.1. The van der Waals surface area contributed by atoms with Crippen LogP contribution in [0.1, 0.15) is 38.8 Å². The molecular formula is C24H29FN4O3S. The number of thioether (sulfide) groups is 1. The van der Waals surface area contributed by atoms with Gasteiger partial charge in [-0.3, -0.25) is 9.59 Å². The molecule has 1 unspecified atom stereocenters. The Balaban J connectivity index is 1.73. The second-order valence-electron chi connectivity index (χ2n) is 8.06. The number of fused-ring (bicyclic) bond motifs is 1. The molecule has 3 aliphatic rings. The van der Waals surface area contributed by atoms with Crippen molar-refractivity contribution in [1.29, 1.82) is 0 Å². The summed E-state index contributed by atoms with van der Waals surface area (Å²) in [6.07, 6.45) is 0.156. The summed E-state index contributed by atoms with van der Waals surface area (Å²) in [5, 5.41) is 2.55. The first-order valence-corrected chi connectivity index (χ1v) is 12.2. The van der Waals surface area contributed by atoms with Crippen molar-refractivity contribution in [3.8, 4) is 0 Å². The summed E-state index contributed by atoms with van der Waals surface area (Å²) < 4.78 is 20.5. The molecule has 0 aromatic heterocycles. The van der Waals surface area contributed by atoms with E-state index in [-0.39, 0.29) is 18.2 Å². The summed E-state index contributed by atoms with van der Waals surface area (Å²) in [5.74, 6) is -0.567. The SMILES string of the molecule is CCN(CC)C(=O)C1=C(C)N=C2SC=C(CC(=O)N3CCOCC3)N2C1c1ccccc1F. The highest BCUT2D eigenvalue weighted by atomic mass is 32.2. The topological polar surface area (TPSA) is 65.5 Å². The second kappa shape index (κ2) is 10.1. The normalized spacial score (nSPS) is 20.4. The molecule has 2 amide bonds. The summed E-state index contributed by atoms with van der Waals surface area (Å²) in [6.45, 7) is 8.89. The summed E-state index contributed by atoms with van der Waals surface area (Å²) in [7, 11) is 0. The van der Waals surface area contributed by atoms with Crippen LogP contribution < -0.4 is 0 Å². The van der Waals surface area contributed by atoms with Gasteiger partial charge in [0.25, 0.3) is 5.91 Å². The number of morpholine rings is 1. The van der Waals surface area contributed by atoms with Crippen molar-refractivity contribution in [2.45, 2.75) is 33.2 Å². The van der Waals surface area contributed by atoms with Crippen LogP contribution in [0, 0.1) is 5.82 Å². The van der Waals surface area contributed by atoms with Gasteiger partial charge in [-0.25, -0.2) is 9.38 Å². The van der Waals surface area contributed by atoms with Crippen LogP contribution in [0.15, 0.2) is 51.6 Å². The largest absolute Gasteiger partial charge is 0.378 e. The van der Waals surface area contributed by atoms with Gasteiger partial charge in [-0.1, -0.05) is 30.0 Å². The molecular weight excluding hydrogens is 443 g/mol. The number of likely N-dealkylation sites (N-methyl/N-ethyl adjacent to an activating group) is 1. The van der Waals surface area contributed by atoms with Crippen LogP contribution in [0.25, 0.3) is 0 Å². The van der Waals surface area contributed by atoms with Gasteiger partial charge in [0.1, 0.15) is 5.82 Å². The monoisotopic (exact) mass is 472 g/mol. The molecule has 1 atom stereocenters. The summed E-state index contributed by atoms with van der Waals surface area (Å²) in [5.41, 5.74) is 2.14. The van der Waals surface area contributed by atoms with Crippen molar-refractivity contribution in [2.24, 2.45) is 4.99 Å². The highest BCUT2D eigenvalue weighted by molar-refractivity contribution is 8.16. The van der Waals surface area contributed by atoms with Gasteiger partial charge in [0.15, 0.2) is 5.17 Å². The lowest BCUT2D eigenvalue weighted by molar-refractivity contribution is -0.134. The van der Waals surface area contributed by atoms with Crippen molar-refractivity contribution >= 4 is 28.7 Å². The van der Waals surface area contributed by atoms with Crippen molar-refractivity contribution < 1.29 is 18.7 Å². The van der Waals surface area contributed by atoms with E-state index in [0.717, 1.165) is 5.70 Å². The molecule has 1 aromatic carbocycles. The molecule has 1 saturated heterocycles. The average Bonchev–Trinajstić information content (AvgIpc) is 3.21. The Morgan fingerprint density at radius 3 is 2.58 bits per heavy atom. The first kappa shape index (κ1) is 23.5. The zero-order chi connectivity index (χ0) is 23.5. The maximum Gasteiger partial charge on any atom is 0.254 e. The number of aliphatic imine (C=N–C) groups is 1. The molecule has 0 radical (unpaired) electrons. The molecule has 0 saturated carbocycles. The molecule has 4 rings (SSSR count). The number of rotatable bonds is 6. The van der Waals surface area contributed by atoms with Crippen LogP contribution >= 0.6 is 11.8 Å². The maximum absolute atomic E-state index is 15.1. The van der Waals surface area contributed by atoms with E-state index in [1.54, 1.807) is 34.9 Å². The smallest absolute Gasteiger partial charge is 0.254 e. The molecule has 176 valence electrons. The number of amides is 2. The fourth-order valence-corrected chi connectivity index (χ4v) is 5.36. The third-order valence-corrected chi connectivity index (χ3v) is 7.07. The summed E-state index contributed by atoms with van der Waals surface area (Å²) >= 11 is 1.40. The number of allylic oxidation sites excluding steroid dienone is 1. The number of amidine groups is 1. The van der Waals surface area contributed by atoms with E-state index >= 15 is 4.39 Å². The molecule has 9 heteroatoms. The molecule has 0 spiro atoms. The molecule has 3 heterocycles. The van der Waals surface area contributed by atoms with Crippen molar-refractivity contribution in [3.05, 3.63) is 58.0 Å². The average molecular weight is 473 g/mol. The van der Waals surface area contributed by atoms with Gasteiger partial charge < -0.3 is 19.4 Å². The summed E-state index contributed by atoms with van der Waals surface area (Å²) in [4.78, 5) is 36.6. The van der Waals surface area contributed by atoms with Crippen LogP contribution in [0.4, 0.5) is 4.39 Å². The highest BCUT2D eigenvalue weighted by Gasteiger charge is 2.42. The standard InChI is InChI=1S/C24H29FN4O3S/c1-4-27(5-2)23(31)21-16(3)26-24-29(22(21)18-8-6-7-9-19(18)25)17(15-33-24)14-20(30)28-10-12-32-13-11-28/h6-9,15,22H,4-5,10-14H2,1-3H3. The van der Waals surface area contributed by atoms with Gasteiger partial charge >= 0.3 is 0 Å². The van der Waals surface area contributed by atoms with Crippen molar-refractivity contribution in [2.75, 3.05) is 39.4 Å². The minimum atomic E-state index is -0.689. The van der Waals surface area contributed by atoms with Gasteiger partial charge in [-0.15, -0.1) is 0 Å². The predicted molar refractivity (Wildman–Crippen MR) is 127 cm³/mol. The molecule has 1 fully saturated rings. The molecule has 1 aromatic rings. The Bertz CT molecular complexity index is 1030. The van der Waals surface area contributed by atoms with E-state index in [2.05, 4.69) is 0 Å². The number of nitrogens with zero attached hydrogens (tertiary/aromatic N) is 4. The Hall–Kier alpha value is -2.65. The molecule has 0 bridgehead atoms. The zero-order valence-electron chi connectivity index (χ0n) is 19.2. The molecule has 0 N–H and O–H groups in total. The first-order valence-electron chi connectivity index (χ1n) is 11.3. The van der Waals surface area contributed by atoms with Gasteiger partial charge in [0.2, 0.25) is 5.91 Å². The number of halogens is 1. The lowest BCUT2D eigenvalue weighted by Gasteiger charge is -2.38. The molecule has 0 aliphatic carbocycles. The number of carbonyl (C=O) groups excluding carboxylic acids is 2. The zero-order valence-corrected chi connectivity index (χ0v) is 20.0. The van der Waals surface area contributed by atoms with Gasteiger partial charge in [-0.05, 0) is 32.2 Å². The van der Waals surface area contributed by atoms with Gasteiger partial charge in [-0.2, -0.15) is 0 Å². The third-order valence-electron chi connectivity index (χ3n) is 6.18. The van der Waals surface area contributed by atoms with Gasteiger partial charge in [0.05, 0.1) is 36.9 Å². The van der Waals surface area contributed by atoms with Crippen molar-refractivity contribution in [3.63, 3.8) is 0 Å². The Morgan fingerprint density at radius 2 is 1.91 bits per heavy atom. The number of hydrogen-bond donors (Lipinski definition) is 0. The Labute approximate surface area is 198 Å². The predicted octanol–water partition coefficient (Wildman–Crippen LogP) is 3.52. The Kier molecular flexibility index (Phi) is 7.19. The first-order chi connectivity index (χ1) is 16.0. The van der Waals surface area contributed by atoms with E-state index in [0.29, 0.717) is 61.4 Å². The van der Waals surface area contributed by atoms with E-state index in [1.807, 2.05) is 24.2 Å². The highest BCUT2D eigenvalue weighted by Crippen LogP contribution is 2.45. The van der Waals surface area contributed by atoms with Crippen LogP contribution in [0.2, 0.25) is 0 Å². The molecule has 3 aliphatic heterocycles. The number of ether oxygens (including phenoxy) is 1. The minimum Gasteiger partial charge on any atom is -0.378 e. The van der Waals surface area contributed by atoms with E-state index < -0.39 is 11.9 Å². The van der Waals surface area contributed by atoms with Gasteiger partial charge in [0, 0.05) is 37.4 Å². The fourth-order valence-electron chi connectivity index (χ4n) is 4.39. The number of benzene rings is 1. The Morgan fingerprint density at radius 1 is 1.21 bits per heavy atom. The quantitative estimate of drug-likeness (QED) is 0.634. The lowest BCUT2D eigenvalue weighted by Crippen LogP contribution is -2.44. The van der Waals surface area contributed by atoms with E-state index in [9.17, 15) is 9.59 Å². The second-order valence-corrected chi connectivity index (χ2v) is 8.90. The molecule has 7 nitrogen and oxygen atoms in total. The van der Waals surface area contributed by atoms with Crippen LogP contribution in [0.3, 0.4) is 0 Å². The van der Waals surface area contributed by atoms with Crippen LogP contribution in [-0.4, -0.2) is 71.1 Å². The minimum absolute atomic E-state index is 0.0124. The number of carbonyl (C=O) groups is 2. The summed E-state index contributed by atoms with van der Waals surface area (Å²) in [6, 6.07) is 5.82. The molecule has 33 heavy (non-hydrogen) atoms. The lowest BCUT2D eigenvalue weighted by atomic mass is 9.92. The van der Waals surface area contributed by atoms with Crippen LogP contribution in [-0.2, 0) is 14.3 Å². The van der Waals surface area contributed by atoms with E-state index in [4.69, 9.17) is 9.73 Å². The fraction of sp³-hybridized carbons (Fsp3) is 0.458. The number of hydrogen-bond acceptors (Lipinski definition) is 6. The third kappa shape index (κ3) is 4.56.